The molecule has 18 aliphatic rings. The fourth-order valence-electron chi connectivity index (χ4n) is 26.0. The number of Topliss-reactive ketones (excluding diaryl/α,β-unsaturated/α-hetero) is 1. The highest BCUT2D eigenvalue weighted by Gasteiger charge is 2.73. The van der Waals surface area contributed by atoms with Gasteiger partial charge in [0.05, 0.1) is 47.0 Å². The highest BCUT2D eigenvalue weighted by molar-refractivity contribution is 7.98. The number of carbonyl (C=O) groups excluding carboxylic acids is 4. The molecule has 0 aromatic heterocycles. The largest absolute Gasteiger partial charge is 0.493 e. The first-order valence-electron chi connectivity index (χ1n) is 46.1. The lowest BCUT2D eigenvalue weighted by molar-refractivity contribution is -0.260. The van der Waals surface area contributed by atoms with Gasteiger partial charge in [0, 0.05) is 64.3 Å². The number of fused-ring (bicyclic) bond motifs is 1. The third kappa shape index (κ3) is 21.2. The van der Waals surface area contributed by atoms with E-state index in [1.807, 2.05) is 24.3 Å². The zero-order valence-corrected chi connectivity index (χ0v) is 75.4. The van der Waals surface area contributed by atoms with Crippen molar-refractivity contribution in [3.63, 3.8) is 0 Å². The minimum absolute atomic E-state index is 0.00240. The Balaban J connectivity index is 0.000000114. The first-order valence-corrected chi connectivity index (χ1v) is 50.6. The van der Waals surface area contributed by atoms with Crippen LogP contribution in [-0.2, 0) is 66.0 Å². The molecule has 19 heteroatoms. The minimum atomic E-state index is -3.46. The summed E-state index contributed by atoms with van der Waals surface area (Å²) in [5.74, 6) is 4.46. The van der Waals surface area contributed by atoms with Gasteiger partial charge in [-0.3, -0.25) is 19.2 Å². The van der Waals surface area contributed by atoms with Crippen molar-refractivity contribution in [1.82, 2.24) is 0 Å². The van der Waals surface area contributed by atoms with Crippen LogP contribution in [0.4, 0.5) is 30.7 Å². The van der Waals surface area contributed by atoms with Crippen molar-refractivity contribution in [3.8, 4) is 5.75 Å². The Hall–Kier alpha value is -6.02. The lowest BCUT2D eigenvalue weighted by Gasteiger charge is -2.73. The van der Waals surface area contributed by atoms with Crippen molar-refractivity contribution in [2.45, 2.75) is 258 Å². The van der Waals surface area contributed by atoms with E-state index in [0.717, 1.165) is 132 Å². The number of alkyl halides is 7. The molecule has 16 aliphatic carbocycles. The Morgan fingerprint density at radius 3 is 1.34 bits per heavy atom. The number of rotatable bonds is 20. The Morgan fingerprint density at radius 2 is 0.902 bits per heavy atom. The van der Waals surface area contributed by atoms with Gasteiger partial charge in [-0.15, -0.1) is 0 Å². The molecule has 24 rings (SSSR count). The number of hydrogen-bond acceptors (Lipinski definition) is 9. The zero-order chi connectivity index (χ0) is 85.9. The summed E-state index contributed by atoms with van der Waals surface area (Å²) in [5.41, 5.74) is 0.742. The van der Waals surface area contributed by atoms with Crippen LogP contribution in [0.2, 0.25) is 0 Å². The molecule has 9 nitrogen and oxygen atoms in total. The highest BCUT2D eigenvalue weighted by atomic mass is 32.2. The second kappa shape index (κ2) is 38.5. The average Bonchev–Trinajstić information content (AvgIpc) is 0.768. The molecule has 2 saturated heterocycles. The number of ether oxygens (including phenoxy) is 5. The quantitative estimate of drug-likeness (QED) is 0.0242. The van der Waals surface area contributed by atoms with Crippen LogP contribution < -0.4 is 4.74 Å². The van der Waals surface area contributed by atoms with Crippen LogP contribution >= 0.6 is 0 Å². The Bertz CT molecular complexity index is 4210. The number of esters is 3. The van der Waals surface area contributed by atoms with Gasteiger partial charge in [0.2, 0.25) is 5.78 Å². The molecule has 16 bridgehead atoms. The fourth-order valence-corrected chi connectivity index (χ4v) is 33.4. The Kier molecular flexibility index (Phi) is 28.6. The molecule has 0 radical (unpaired) electrons. The van der Waals surface area contributed by atoms with Crippen LogP contribution in [0.25, 0.3) is 10.8 Å². The second-order valence-corrected chi connectivity index (χ2v) is 47.5. The Labute approximate surface area is 729 Å². The molecule has 6 aromatic rings. The van der Waals surface area contributed by atoms with E-state index >= 15 is 0 Å². The van der Waals surface area contributed by atoms with E-state index in [-0.39, 0.29) is 50.4 Å². The first kappa shape index (κ1) is 90.8. The Morgan fingerprint density at radius 1 is 0.467 bits per heavy atom. The summed E-state index contributed by atoms with van der Waals surface area (Å²) < 4.78 is 118. The van der Waals surface area contributed by atoms with Crippen molar-refractivity contribution >= 4 is 67.1 Å². The SMILES string of the molecule is CC(F)(F)C(F)COC(=O)C12CC3CC4C5CC(CC41)CC2C5C3.CC(F)(F)COC(=O)C12CC3CC(CC(C3)C1)C2.CC(F)(F)COC(=O)C12CC3CC(CC(C3)C1)C2.Cc1ccc(C(=O)C([S+]2CCOCC2)C(C)(C)C)cc1.c1ccc([S+](c2ccccc2)c2ccccc2)cc1.c1ccc2c([S+]3CCCC3)ccc(OCC3CCCCC3)c2c1. The summed E-state index contributed by atoms with van der Waals surface area (Å²) >= 11 is 0. The van der Waals surface area contributed by atoms with Gasteiger partial charge in [-0.25, -0.2) is 30.7 Å². The molecular weight excluding hydrogens is 1610 g/mol. The van der Waals surface area contributed by atoms with Gasteiger partial charge in [-0.2, -0.15) is 0 Å². The topological polar surface area (TPSA) is 114 Å². The second-order valence-electron chi connectivity index (χ2n) is 40.9. The van der Waals surface area contributed by atoms with Crippen LogP contribution in [0, 0.1) is 111 Å². The molecule has 0 amide bonds. The van der Waals surface area contributed by atoms with Gasteiger partial charge < -0.3 is 23.7 Å². The molecule has 662 valence electrons. The molecule has 122 heavy (non-hydrogen) atoms. The van der Waals surface area contributed by atoms with E-state index in [9.17, 15) is 49.9 Å². The van der Waals surface area contributed by atoms with Crippen molar-refractivity contribution in [3.05, 3.63) is 163 Å². The normalized spacial score (nSPS) is 31.2. The standard InChI is InChI=1S/C21H27OS.C19H25F3O2.C18H15S.C17H25O2S.2C14H20F2O2/c1-2-8-17(9-3-1)16-22-20-12-13-21(23-14-6-7-15-23)19-11-5-4-10-18(19)20;1-18(21,22)16(20)8-24-17(23)19-7-10-3-12-11-2-9(5-14(12)19)6-15(19)13(11)4-10;1-4-10-16(11-5-1)19(17-12-6-2-7-13-17)18-14-8-3-9-15-18;1-13-5-7-14(8-6-13)15(18)16(17(2,3)4)20-11-9-19-10-12-20;2*1-13(15,16)8-18-12(17)14-5-9-2-10(6-14)4-11(3-9)7-14/h4-5,10-13,17H,1-3,6-9,14-16H2;9-16H,2-8H2,1H3;1-15H;5-8,16H,9-12H2,1-4H3;2*9-11H,2-8H2,1H3/q+1;;2*+1;;. The van der Waals surface area contributed by atoms with E-state index in [2.05, 4.69) is 155 Å². The average molecular weight is 1740 g/mol. The van der Waals surface area contributed by atoms with E-state index in [1.165, 1.54) is 145 Å². The van der Waals surface area contributed by atoms with Crippen molar-refractivity contribution in [2.24, 2.45) is 105 Å². The molecule has 2 heterocycles. The number of hydrogen-bond donors (Lipinski definition) is 0. The van der Waals surface area contributed by atoms with Gasteiger partial charge in [0.15, 0.2) is 44.2 Å². The smallest absolute Gasteiger partial charge is 0.312 e. The number of aryl methyl sites for hydroxylation is 1. The molecule has 18 fully saturated rings. The maximum absolute atomic E-state index is 13.6. The summed E-state index contributed by atoms with van der Waals surface area (Å²) in [6.07, 6.45) is 26.7. The summed E-state index contributed by atoms with van der Waals surface area (Å²) in [6, 6.07) is 53.6. The molecule has 6 atom stereocenters. The van der Waals surface area contributed by atoms with Gasteiger partial charge in [0.1, 0.15) is 35.4 Å². The lowest BCUT2D eigenvalue weighted by Crippen LogP contribution is -2.70. The van der Waals surface area contributed by atoms with Crippen molar-refractivity contribution in [2.75, 3.05) is 62.7 Å². The summed E-state index contributed by atoms with van der Waals surface area (Å²) in [5, 5.41) is 2.85. The van der Waals surface area contributed by atoms with Crippen LogP contribution in [-0.4, -0.2) is 116 Å². The summed E-state index contributed by atoms with van der Waals surface area (Å²) in [7, 11) is 0.586. The van der Waals surface area contributed by atoms with Gasteiger partial charge in [-0.1, -0.05) is 143 Å². The van der Waals surface area contributed by atoms with Gasteiger partial charge >= 0.3 is 17.9 Å². The van der Waals surface area contributed by atoms with Gasteiger partial charge in [-0.05, 0) is 286 Å². The maximum atomic E-state index is 13.6. The number of halogens is 7. The van der Waals surface area contributed by atoms with E-state index in [4.69, 9.17) is 23.7 Å². The van der Waals surface area contributed by atoms with E-state index in [0.29, 0.717) is 88.7 Å². The van der Waals surface area contributed by atoms with Crippen LogP contribution in [0.1, 0.15) is 218 Å². The number of benzene rings is 6. The third-order valence-electron chi connectivity index (χ3n) is 30.2. The van der Waals surface area contributed by atoms with Crippen LogP contribution in [0.5, 0.6) is 5.75 Å². The molecule has 6 aromatic carbocycles. The monoisotopic (exact) mass is 1740 g/mol. The molecule has 16 saturated carbocycles. The molecule has 6 unspecified atom stereocenters. The fraction of sp³-hybridized carbons (Fsp3) is 0.631. The number of carbonyl (C=O) groups is 4. The van der Waals surface area contributed by atoms with Crippen molar-refractivity contribution in [1.29, 1.82) is 0 Å². The van der Waals surface area contributed by atoms with Gasteiger partial charge in [0.25, 0.3) is 17.8 Å². The molecule has 2 aliphatic heterocycles. The van der Waals surface area contributed by atoms with Crippen LogP contribution in [0.3, 0.4) is 0 Å². The zero-order valence-electron chi connectivity index (χ0n) is 73.0. The predicted molar refractivity (Wildman–Crippen MR) is 474 cm³/mol. The van der Waals surface area contributed by atoms with Crippen LogP contribution in [0.15, 0.2) is 171 Å². The van der Waals surface area contributed by atoms with E-state index < -0.39 is 60.0 Å². The highest BCUT2D eigenvalue weighted by Crippen LogP contribution is 2.76. The summed E-state index contributed by atoms with van der Waals surface area (Å²) in [4.78, 5) is 56.0. The first-order chi connectivity index (χ1) is 58.3. The third-order valence-corrected chi connectivity index (χ3v) is 38.0. The molecule has 0 spiro atoms. The number of ketones is 1. The summed E-state index contributed by atoms with van der Waals surface area (Å²) in [6.45, 7) is 10.9. The molecule has 0 N–H and O–H groups in total. The maximum Gasteiger partial charge on any atom is 0.312 e. The van der Waals surface area contributed by atoms with E-state index in [1.54, 1.807) is 4.90 Å². The minimum Gasteiger partial charge on any atom is -0.493 e. The van der Waals surface area contributed by atoms with Crippen molar-refractivity contribution < 1.29 is 73.6 Å². The predicted octanol–water partition coefficient (Wildman–Crippen LogP) is 24.6. The lowest BCUT2D eigenvalue weighted by atomic mass is 9.31. The molecular formula is C103H132F7O9S3+3.